The van der Waals surface area contributed by atoms with Crippen molar-refractivity contribution >= 4 is 37.9 Å². The van der Waals surface area contributed by atoms with E-state index in [2.05, 4.69) is 161 Å². The highest BCUT2D eigenvalue weighted by molar-refractivity contribution is 7.80. The largest absolute Gasteiger partial charge is 0.269 e. The van der Waals surface area contributed by atoms with Crippen LogP contribution in [0.2, 0.25) is 0 Å². The molecular formula is C45H75F3S3. The highest BCUT2D eigenvalue weighted by Crippen LogP contribution is 2.36. The van der Waals surface area contributed by atoms with Crippen molar-refractivity contribution in [1.82, 2.24) is 0 Å². The molecule has 0 aliphatic rings. The third-order valence-corrected chi connectivity index (χ3v) is 10.9. The summed E-state index contributed by atoms with van der Waals surface area (Å²) in [5.41, 5.74) is 12.6. The van der Waals surface area contributed by atoms with Crippen LogP contribution in [-0.4, -0.2) is 0 Å². The van der Waals surface area contributed by atoms with Crippen molar-refractivity contribution in [2.75, 3.05) is 0 Å². The van der Waals surface area contributed by atoms with Gasteiger partial charge in [0.15, 0.2) is 0 Å². The summed E-state index contributed by atoms with van der Waals surface area (Å²) in [7, 11) is 0. The predicted molar refractivity (Wildman–Crippen MR) is 235 cm³/mol. The molecular weight excluding hydrogens is 694 g/mol. The lowest BCUT2D eigenvalue weighted by Gasteiger charge is -2.19. The lowest BCUT2D eigenvalue weighted by atomic mass is 9.89. The fourth-order valence-electron chi connectivity index (χ4n) is 5.75. The van der Waals surface area contributed by atoms with Crippen LogP contribution in [0.5, 0.6) is 0 Å². The molecule has 3 aromatic carbocycles. The zero-order valence-corrected chi connectivity index (χ0v) is 37.9. The van der Waals surface area contributed by atoms with E-state index in [4.69, 9.17) is 37.9 Å². The van der Waals surface area contributed by atoms with Gasteiger partial charge >= 0.3 is 0 Å². The molecule has 6 heteroatoms. The SMILES string of the molecule is CC(C)c1cc(C(C)C)c(S)c(C(C)C)c1.CC(C)c1cc(C(C)C)c(S)c(C(C)C)c1.CC(C)c1cc(C(C)C)c(S)c(C(C)C)c1.F.F.F. The van der Waals surface area contributed by atoms with Crippen LogP contribution in [0.25, 0.3) is 0 Å². The molecule has 0 atom stereocenters. The first-order valence-electron chi connectivity index (χ1n) is 18.6. The minimum Gasteiger partial charge on any atom is -0.269 e. The van der Waals surface area contributed by atoms with E-state index < -0.39 is 0 Å². The van der Waals surface area contributed by atoms with Crippen LogP contribution in [0.3, 0.4) is 0 Å². The maximum atomic E-state index is 4.71. The Morgan fingerprint density at radius 3 is 0.451 bits per heavy atom. The summed E-state index contributed by atoms with van der Waals surface area (Å²) in [6.07, 6.45) is 0. The molecule has 0 aliphatic carbocycles. The third-order valence-electron chi connectivity index (χ3n) is 9.31. The van der Waals surface area contributed by atoms with Crippen molar-refractivity contribution in [3.63, 3.8) is 0 Å². The Morgan fingerprint density at radius 2 is 0.373 bits per heavy atom. The second-order valence-corrected chi connectivity index (χ2v) is 17.9. The van der Waals surface area contributed by atoms with Crippen LogP contribution >= 0.6 is 37.9 Å². The Balaban J connectivity index is -0.000000658. The molecule has 0 aromatic heterocycles. The average molecular weight is 769 g/mol. The Morgan fingerprint density at radius 1 is 0.255 bits per heavy atom. The number of hydrogen-bond donors (Lipinski definition) is 3. The standard InChI is InChI=1S/3C15H24S.3FH/c3*1-9(2)12-7-13(10(3)4)15(16)14(8-12)11(5)6;;;/h3*7-11,16H,1-6H3;3*1H. The van der Waals surface area contributed by atoms with Crippen molar-refractivity contribution in [2.45, 2.75) is 193 Å². The molecule has 3 rings (SSSR count). The lowest BCUT2D eigenvalue weighted by molar-refractivity contribution is 0.773. The van der Waals surface area contributed by atoms with E-state index in [-0.39, 0.29) is 14.1 Å². The number of halogens is 3. The van der Waals surface area contributed by atoms with E-state index >= 15 is 0 Å². The Hall–Kier alpha value is -1.50. The monoisotopic (exact) mass is 768 g/mol. The second kappa shape index (κ2) is 24.0. The molecule has 294 valence electrons. The van der Waals surface area contributed by atoms with Gasteiger partial charge < -0.3 is 0 Å². The van der Waals surface area contributed by atoms with Gasteiger partial charge in [0.2, 0.25) is 0 Å². The van der Waals surface area contributed by atoms with Gasteiger partial charge in [-0.15, -0.1) is 37.9 Å². The zero-order valence-electron chi connectivity index (χ0n) is 35.2. The lowest BCUT2D eigenvalue weighted by Crippen LogP contribution is -2.01. The first-order valence-corrected chi connectivity index (χ1v) is 20.0. The maximum Gasteiger partial charge on any atom is 0.0110 e. The van der Waals surface area contributed by atoms with E-state index in [0.29, 0.717) is 53.3 Å². The van der Waals surface area contributed by atoms with Crippen LogP contribution < -0.4 is 0 Å². The topological polar surface area (TPSA) is 0 Å². The van der Waals surface area contributed by atoms with Crippen molar-refractivity contribution in [1.29, 1.82) is 0 Å². The van der Waals surface area contributed by atoms with Gasteiger partial charge in [0.05, 0.1) is 0 Å². The predicted octanol–water partition coefficient (Wildman–Crippen LogP) is 16.5. The molecule has 0 aliphatic heterocycles. The van der Waals surface area contributed by atoms with Crippen LogP contribution in [0.15, 0.2) is 51.1 Å². The molecule has 3 aromatic rings. The fraction of sp³-hybridized carbons (Fsp3) is 0.600. The molecule has 0 fully saturated rings. The molecule has 0 nitrogen and oxygen atoms in total. The molecule has 0 saturated heterocycles. The van der Waals surface area contributed by atoms with Gasteiger partial charge in [-0.05, 0) is 103 Å². The first kappa shape index (κ1) is 53.8. The number of benzene rings is 3. The summed E-state index contributed by atoms with van der Waals surface area (Å²) in [5.74, 6) is 5.03. The van der Waals surface area contributed by atoms with Crippen molar-refractivity contribution in [3.8, 4) is 0 Å². The summed E-state index contributed by atoms with van der Waals surface area (Å²) in [6, 6.07) is 13.9. The molecule has 0 saturated carbocycles. The summed E-state index contributed by atoms with van der Waals surface area (Å²) >= 11 is 14.1. The van der Waals surface area contributed by atoms with Crippen molar-refractivity contribution < 1.29 is 14.1 Å². The minimum absolute atomic E-state index is 0. The summed E-state index contributed by atoms with van der Waals surface area (Å²) in [5, 5.41) is 0. The Bertz CT molecular complexity index is 1190. The Kier molecular flexibility index (Phi) is 25.4. The van der Waals surface area contributed by atoms with Crippen LogP contribution in [-0.2, 0) is 0 Å². The minimum atomic E-state index is 0. The molecule has 0 spiro atoms. The molecule has 0 heterocycles. The summed E-state index contributed by atoms with van der Waals surface area (Å²) < 4.78 is 0. The number of thiol groups is 3. The van der Waals surface area contributed by atoms with E-state index in [9.17, 15) is 0 Å². The van der Waals surface area contributed by atoms with Gasteiger partial charge in [-0.2, -0.15) is 0 Å². The van der Waals surface area contributed by atoms with E-state index in [1.54, 1.807) is 0 Å². The normalized spacial score (nSPS) is 11.2. The quantitative estimate of drug-likeness (QED) is 0.177. The molecule has 51 heavy (non-hydrogen) atoms. The third kappa shape index (κ3) is 15.4. The molecule has 0 amide bonds. The van der Waals surface area contributed by atoms with Gasteiger partial charge in [0, 0.05) is 14.7 Å². The number of rotatable bonds is 9. The smallest absolute Gasteiger partial charge is 0.0110 e. The summed E-state index contributed by atoms with van der Waals surface area (Å²) in [4.78, 5) is 3.57. The van der Waals surface area contributed by atoms with Crippen LogP contribution in [0, 0.1) is 0 Å². The van der Waals surface area contributed by atoms with E-state index in [1.807, 2.05) is 0 Å². The van der Waals surface area contributed by atoms with Crippen molar-refractivity contribution in [3.05, 3.63) is 86.5 Å². The van der Waals surface area contributed by atoms with Gasteiger partial charge in [0.25, 0.3) is 0 Å². The molecule has 0 radical (unpaired) electrons. The molecule has 0 N–H and O–H groups in total. The number of hydrogen-bond acceptors (Lipinski definition) is 3. The first-order chi connectivity index (χ1) is 22.0. The van der Waals surface area contributed by atoms with E-state index in [0.717, 1.165) is 0 Å². The highest BCUT2D eigenvalue weighted by Gasteiger charge is 2.17. The Labute approximate surface area is 329 Å². The van der Waals surface area contributed by atoms with E-state index in [1.165, 1.54) is 64.8 Å². The van der Waals surface area contributed by atoms with Crippen LogP contribution in [0.4, 0.5) is 14.1 Å². The van der Waals surface area contributed by atoms with Gasteiger partial charge in [-0.3, -0.25) is 14.1 Å². The maximum absolute atomic E-state index is 4.71. The highest BCUT2D eigenvalue weighted by atomic mass is 32.1. The average Bonchev–Trinajstić information content (AvgIpc) is 2.96. The van der Waals surface area contributed by atoms with Crippen LogP contribution in [0.1, 0.15) is 228 Å². The van der Waals surface area contributed by atoms with Gasteiger partial charge in [0.1, 0.15) is 0 Å². The van der Waals surface area contributed by atoms with Crippen molar-refractivity contribution in [2.24, 2.45) is 0 Å². The molecule has 0 unspecified atom stereocenters. The fourth-order valence-corrected chi connectivity index (χ4v) is 7.69. The molecule has 0 bridgehead atoms. The van der Waals surface area contributed by atoms with Gasteiger partial charge in [-0.25, -0.2) is 0 Å². The summed E-state index contributed by atoms with van der Waals surface area (Å²) in [6.45, 7) is 40.4. The van der Waals surface area contributed by atoms with Gasteiger partial charge in [-0.1, -0.05) is 161 Å². The second-order valence-electron chi connectivity index (χ2n) is 16.5. The zero-order chi connectivity index (χ0) is 37.4.